The molecular weight excluding hydrogens is 504 g/mol. The predicted molar refractivity (Wildman–Crippen MR) is 124 cm³/mol. The van der Waals surface area contributed by atoms with Crippen LogP contribution < -0.4 is 0 Å². The summed E-state index contributed by atoms with van der Waals surface area (Å²) in [5.41, 5.74) is 5.49. The molecule has 27 heavy (non-hydrogen) atoms. The molecule has 0 radical (unpaired) electrons. The van der Waals surface area contributed by atoms with Gasteiger partial charge in [-0.1, -0.05) is 42.5 Å². The Morgan fingerprint density at radius 1 is 0.704 bits per heavy atom. The lowest BCUT2D eigenvalue weighted by Crippen LogP contribution is -1.81. The molecule has 132 valence electrons. The van der Waals surface area contributed by atoms with Gasteiger partial charge in [0.25, 0.3) is 0 Å². The van der Waals surface area contributed by atoms with Crippen LogP contribution in [0.4, 0.5) is 0 Å². The van der Waals surface area contributed by atoms with E-state index in [9.17, 15) is 0 Å². The highest BCUT2D eigenvalue weighted by atomic mass is 79.9. The van der Waals surface area contributed by atoms with Crippen molar-refractivity contribution in [3.05, 3.63) is 74.3 Å². The Hall–Kier alpha value is -1.73. The van der Waals surface area contributed by atoms with E-state index in [1.807, 2.05) is 18.2 Å². The first-order valence-corrected chi connectivity index (χ1v) is 11.5. The molecule has 0 unspecified atom stereocenters. The lowest BCUT2D eigenvalue weighted by Gasteiger charge is -2.04. The first kappa shape index (κ1) is 17.4. The van der Waals surface area contributed by atoms with Gasteiger partial charge in [0.1, 0.15) is 5.82 Å². The van der Waals surface area contributed by atoms with Gasteiger partial charge in [0.2, 0.25) is 0 Å². The molecule has 0 bridgehead atoms. The molecular formula is C21H12Br2N2S2. The Balaban J connectivity index is 1.79. The summed E-state index contributed by atoms with van der Waals surface area (Å²) in [7, 11) is 0. The lowest BCUT2D eigenvalue weighted by molar-refractivity contribution is 1.34. The van der Waals surface area contributed by atoms with Gasteiger partial charge in [-0.3, -0.25) is 0 Å². The van der Waals surface area contributed by atoms with E-state index in [-0.39, 0.29) is 0 Å². The normalized spacial score (nSPS) is 11.3. The van der Waals surface area contributed by atoms with Gasteiger partial charge in [0.15, 0.2) is 0 Å². The van der Waals surface area contributed by atoms with E-state index in [1.165, 1.54) is 15.3 Å². The highest BCUT2D eigenvalue weighted by Crippen LogP contribution is 2.41. The molecule has 0 aliphatic rings. The van der Waals surface area contributed by atoms with E-state index in [4.69, 9.17) is 4.98 Å². The van der Waals surface area contributed by atoms with Crippen LogP contribution in [0.3, 0.4) is 0 Å². The summed E-state index contributed by atoms with van der Waals surface area (Å²) in [4.78, 5) is 11.0. The van der Waals surface area contributed by atoms with Crippen molar-refractivity contribution in [2.45, 2.75) is 0 Å². The summed E-state index contributed by atoms with van der Waals surface area (Å²) >= 11 is 10.6. The first-order chi connectivity index (χ1) is 13.2. The van der Waals surface area contributed by atoms with Crippen molar-refractivity contribution < 1.29 is 0 Å². The zero-order valence-electron chi connectivity index (χ0n) is 13.9. The molecule has 0 atom stereocenters. The number of rotatable bonds is 3. The zero-order chi connectivity index (χ0) is 18.4. The summed E-state index contributed by atoms with van der Waals surface area (Å²) in [6.07, 6.45) is 0. The fourth-order valence-corrected chi connectivity index (χ4v) is 5.98. The van der Waals surface area contributed by atoms with Crippen LogP contribution in [0.1, 0.15) is 0 Å². The average molecular weight is 516 g/mol. The molecule has 0 saturated heterocycles. The second-order valence-electron chi connectivity index (χ2n) is 6.04. The van der Waals surface area contributed by atoms with E-state index in [0.29, 0.717) is 0 Å². The number of aromatic amines is 1. The average Bonchev–Trinajstić information content (AvgIpc) is 3.41. The van der Waals surface area contributed by atoms with E-state index in [0.717, 1.165) is 35.6 Å². The van der Waals surface area contributed by atoms with Crippen molar-refractivity contribution in [3.8, 4) is 32.3 Å². The molecule has 0 saturated carbocycles. The number of H-pyrrole nitrogens is 1. The van der Waals surface area contributed by atoms with Crippen LogP contribution in [0.25, 0.3) is 43.3 Å². The highest BCUT2D eigenvalue weighted by molar-refractivity contribution is 9.11. The largest absolute Gasteiger partial charge is 0.337 e. The number of thiophene rings is 2. The van der Waals surface area contributed by atoms with Crippen LogP contribution in [0.2, 0.25) is 0 Å². The van der Waals surface area contributed by atoms with Crippen LogP contribution in [0.5, 0.6) is 0 Å². The van der Waals surface area contributed by atoms with Crippen molar-refractivity contribution in [1.82, 2.24) is 9.97 Å². The number of fused-ring (bicyclic) bond motifs is 1. The maximum absolute atomic E-state index is 4.99. The van der Waals surface area contributed by atoms with Crippen molar-refractivity contribution in [3.63, 3.8) is 0 Å². The van der Waals surface area contributed by atoms with Gasteiger partial charge in [-0.05, 0) is 56.1 Å². The van der Waals surface area contributed by atoms with Gasteiger partial charge in [-0.2, -0.15) is 0 Å². The number of hydrogen-bond acceptors (Lipinski definition) is 3. The Morgan fingerprint density at radius 2 is 1.33 bits per heavy atom. The number of aromatic nitrogens is 2. The number of halogens is 2. The third-order valence-electron chi connectivity index (χ3n) is 4.37. The number of hydrogen-bond donors (Lipinski definition) is 1. The van der Waals surface area contributed by atoms with Crippen LogP contribution >= 0.6 is 54.5 Å². The number of benzene rings is 2. The van der Waals surface area contributed by atoms with Gasteiger partial charge in [-0.15, -0.1) is 22.7 Å². The monoisotopic (exact) mass is 514 g/mol. The third kappa shape index (κ3) is 3.21. The minimum atomic E-state index is 0.894. The quantitative estimate of drug-likeness (QED) is 0.257. The van der Waals surface area contributed by atoms with Crippen molar-refractivity contribution >= 4 is 65.6 Å². The van der Waals surface area contributed by atoms with Gasteiger partial charge in [-0.25, -0.2) is 4.98 Å². The topological polar surface area (TPSA) is 28.7 Å². The molecule has 2 aromatic carbocycles. The fraction of sp³-hybridized carbons (Fsp3) is 0. The van der Waals surface area contributed by atoms with Gasteiger partial charge < -0.3 is 4.98 Å². The molecule has 1 N–H and O–H groups in total. The molecule has 0 fully saturated rings. The maximum Gasteiger partial charge on any atom is 0.138 e. The molecule has 0 aliphatic heterocycles. The molecule has 2 nitrogen and oxygen atoms in total. The zero-order valence-corrected chi connectivity index (χ0v) is 18.7. The summed E-state index contributed by atoms with van der Waals surface area (Å²) in [5.74, 6) is 0.894. The SMILES string of the molecule is Brc1ccc(-c2ccc(-c3ccc(Br)s3)c3[nH]c(-c4ccccc4)nc23)s1. The van der Waals surface area contributed by atoms with Gasteiger partial charge >= 0.3 is 0 Å². The molecule has 0 spiro atoms. The molecule has 0 aliphatic carbocycles. The number of nitrogens with zero attached hydrogens (tertiary/aromatic N) is 1. The summed E-state index contributed by atoms with van der Waals surface area (Å²) in [5, 5.41) is 0. The lowest BCUT2D eigenvalue weighted by atomic mass is 10.1. The standard InChI is InChI=1S/C21H12Br2N2S2/c22-17-10-8-15(26-17)13-6-7-14(16-9-11-18(23)27-16)20-19(13)24-21(25-20)12-4-2-1-3-5-12/h1-11H,(H,24,25). The van der Waals surface area contributed by atoms with E-state index in [2.05, 4.69) is 85.4 Å². The Kier molecular flexibility index (Phi) is 4.52. The van der Waals surface area contributed by atoms with Crippen molar-refractivity contribution in [1.29, 1.82) is 0 Å². The first-order valence-electron chi connectivity index (χ1n) is 8.28. The number of nitrogens with one attached hydrogen (secondary N) is 1. The van der Waals surface area contributed by atoms with Crippen LogP contribution in [0, 0.1) is 0 Å². The summed E-state index contributed by atoms with van der Waals surface area (Å²) in [6, 6.07) is 23.1. The predicted octanol–water partition coefficient (Wildman–Crippen LogP) is 8.21. The van der Waals surface area contributed by atoms with Crippen LogP contribution in [0.15, 0.2) is 74.3 Å². The Bertz CT molecular complexity index is 1170. The molecule has 3 heterocycles. The minimum Gasteiger partial charge on any atom is -0.337 e. The van der Waals surface area contributed by atoms with Crippen LogP contribution in [-0.4, -0.2) is 9.97 Å². The molecule has 5 rings (SSSR count). The third-order valence-corrected chi connectivity index (χ3v) is 7.68. The molecule has 6 heteroatoms. The molecule has 3 aromatic heterocycles. The Labute approximate surface area is 181 Å². The second-order valence-corrected chi connectivity index (χ2v) is 11.0. The van der Waals surface area contributed by atoms with E-state index < -0.39 is 0 Å². The summed E-state index contributed by atoms with van der Waals surface area (Å²) in [6.45, 7) is 0. The molecule has 5 aromatic rings. The van der Waals surface area contributed by atoms with Gasteiger partial charge in [0.05, 0.1) is 18.6 Å². The molecule has 0 amide bonds. The van der Waals surface area contributed by atoms with Gasteiger partial charge in [0, 0.05) is 26.4 Å². The second kappa shape index (κ2) is 7.02. The maximum atomic E-state index is 4.99. The number of imidazole rings is 1. The van der Waals surface area contributed by atoms with E-state index in [1.54, 1.807) is 22.7 Å². The van der Waals surface area contributed by atoms with E-state index >= 15 is 0 Å². The smallest absolute Gasteiger partial charge is 0.138 e. The fourth-order valence-electron chi connectivity index (χ4n) is 3.15. The minimum absolute atomic E-state index is 0.894. The van der Waals surface area contributed by atoms with Crippen LogP contribution in [-0.2, 0) is 0 Å². The summed E-state index contributed by atoms with van der Waals surface area (Å²) < 4.78 is 2.25. The van der Waals surface area contributed by atoms with Crippen molar-refractivity contribution in [2.75, 3.05) is 0 Å². The Morgan fingerprint density at radius 3 is 1.96 bits per heavy atom. The highest BCUT2D eigenvalue weighted by Gasteiger charge is 2.17. The van der Waals surface area contributed by atoms with Crippen molar-refractivity contribution in [2.24, 2.45) is 0 Å².